The number of thiophene rings is 2. The van der Waals surface area contributed by atoms with Crippen molar-refractivity contribution in [3.63, 3.8) is 0 Å². The Labute approximate surface area is 373 Å². The van der Waals surface area contributed by atoms with Gasteiger partial charge in [-0.1, -0.05) is 49.6 Å². The van der Waals surface area contributed by atoms with E-state index in [4.69, 9.17) is 4.74 Å². The lowest BCUT2D eigenvalue weighted by molar-refractivity contribution is 0.0399. The Morgan fingerprint density at radius 2 is 1.17 bits per heavy atom. The van der Waals surface area contributed by atoms with Crippen molar-refractivity contribution in [1.29, 1.82) is 10.5 Å². The zero-order chi connectivity index (χ0) is 45.5. The maximum Gasteiger partial charge on any atom is 0.348 e. The fourth-order valence-electron chi connectivity index (χ4n) is 6.83. The Hall–Kier alpha value is -6.06. The van der Waals surface area contributed by atoms with Crippen LogP contribution >= 0.6 is 22.7 Å². The number of nitrogens with zero attached hydrogens (tertiary/aromatic N) is 4. The van der Waals surface area contributed by atoms with E-state index < -0.39 is 54.9 Å². The van der Waals surface area contributed by atoms with Crippen LogP contribution in [0.2, 0.25) is 0 Å². The van der Waals surface area contributed by atoms with Crippen LogP contribution in [0, 0.1) is 36.5 Å². The number of likely N-dealkylation sites (N-methyl/N-ethyl adjacent to an activating group) is 1. The highest BCUT2D eigenvalue weighted by molar-refractivity contribution is 7.89. The van der Waals surface area contributed by atoms with Gasteiger partial charge in [0.05, 0.1) is 65.3 Å². The molecule has 19 heteroatoms. The highest BCUT2D eigenvalue weighted by Gasteiger charge is 2.31. The third-order valence-electron chi connectivity index (χ3n) is 10.3. The first-order valence-electron chi connectivity index (χ1n) is 19.7. The molecular formula is C44H42N6O9S4. The van der Waals surface area contributed by atoms with Gasteiger partial charge in [0.1, 0.15) is 0 Å². The minimum absolute atomic E-state index is 0.000928. The summed E-state index contributed by atoms with van der Waals surface area (Å²) >= 11 is 1.87. The fourth-order valence-corrected chi connectivity index (χ4v) is 12.4. The first-order chi connectivity index (χ1) is 30.0. The summed E-state index contributed by atoms with van der Waals surface area (Å²) in [6.45, 7) is 4.10. The van der Waals surface area contributed by atoms with Crippen LogP contribution < -0.4 is 10.6 Å². The smallest absolute Gasteiger partial charge is 0.348 e. The molecule has 1 fully saturated rings. The lowest BCUT2D eigenvalue weighted by atomic mass is 10.1. The molecular weight excluding hydrogens is 885 g/mol. The number of hydrogen-bond acceptors (Lipinski definition) is 13. The summed E-state index contributed by atoms with van der Waals surface area (Å²) in [7, 11) is -6.44. The minimum atomic E-state index is -4.00. The number of benzene rings is 3. The molecule has 1 aliphatic rings. The Balaban J connectivity index is 1.19. The third kappa shape index (κ3) is 10.8. The van der Waals surface area contributed by atoms with E-state index in [0.29, 0.717) is 29.3 Å². The highest BCUT2D eigenvalue weighted by atomic mass is 32.2. The van der Waals surface area contributed by atoms with Crippen LogP contribution in [0.5, 0.6) is 0 Å². The van der Waals surface area contributed by atoms with Crippen molar-refractivity contribution in [2.45, 2.75) is 62.2 Å². The van der Waals surface area contributed by atoms with Crippen molar-refractivity contribution < 1.29 is 40.8 Å². The highest BCUT2D eigenvalue weighted by Crippen LogP contribution is 2.32. The first kappa shape index (κ1) is 46.4. The molecule has 326 valence electrons. The van der Waals surface area contributed by atoms with Gasteiger partial charge in [0, 0.05) is 36.4 Å². The summed E-state index contributed by atoms with van der Waals surface area (Å²) in [6, 6.07) is 23.0. The number of esters is 2. The number of hydrogen-bond donors (Lipinski definition) is 2. The predicted octanol–water partition coefficient (Wildman–Crippen LogP) is 7.49. The average Bonchev–Trinajstić information content (AvgIpc) is 3.86. The molecule has 0 atom stereocenters. The minimum Gasteiger partial charge on any atom is -0.386 e. The largest absolute Gasteiger partial charge is 0.386 e. The Kier molecular flexibility index (Phi) is 14.7. The molecule has 0 bridgehead atoms. The van der Waals surface area contributed by atoms with Gasteiger partial charge in [-0.25, -0.2) is 30.7 Å². The van der Waals surface area contributed by atoms with Crippen LogP contribution in [0.15, 0.2) is 88.7 Å². The van der Waals surface area contributed by atoms with Gasteiger partial charge in [0.25, 0.3) is 11.8 Å². The van der Waals surface area contributed by atoms with Gasteiger partial charge >= 0.3 is 11.9 Å². The summed E-state index contributed by atoms with van der Waals surface area (Å²) in [5.41, 5.74) is -0.199. The van der Waals surface area contributed by atoms with E-state index in [2.05, 4.69) is 10.6 Å². The van der Waals surface area contributed by atoms with E-state index in [1.54, 1.807) is 13.8 Å². The van der Waals surface area contributed by atoms with Crippen molar-refractivity contribution in [1.82, 2.24) is 8.61 Å². The van der Waals surface area contributed by atoms with Gasteiger partial charge in [-0.15, -0.1) is 22.7 Å². The van der Waals surface area contributed by atoms with Gasteiger partial charge in [0.15, 0.2) is 0 Å². The average molecular weight is 927 g/mol. The monoisotopic (exact) mass is 926 g/mol. The summed E-state index contributed by atoms with van der Waals surface area (Å²) in [6.07, 6.45) is 4.83. The molecule has 0 saturated carbocycles. The van der Waals surface area contributed by atoms with E-state index in [1.807, 2.05) is 42.5 Å². The number of anilines is 2. The molecule has 0 radical (unpaired) electrons. The van der Waals surface area contributed by atoms with Crippen molar-refractivity contribution in [3.8, 4) is 12.1 Å². The van der Waals surface area contributed by atoms with E-state index in [1.165, 1.54) is 52.1 Å². The lowest BCUT2D eigenvalue weighted by Crippen LogP contribution is -2.34. The van der Waals surface area contributed by atoms with Gasteiger partial charge in [-0.05, 0) is 87.2 Å². The zero-order valence-corrected chi connectivity index (χ0v) is 37.7. The number of rotatable bonds is 13. The van der Waals surface area contributed by atoms with Crippen molar-refractivity contribution in [3.05, 3.63) is 126 Å². The van der Waals surface area contributed by atoms with Gasteiger partial charge < -0.3 is 15.4 Å². The standard InChI is InChI=1S/C44H42N6O9S4/c1-28-39(62(55,56)49(3)21-18-30-12-8-7-9-13-30)24-37(60-28)41(51)47-35-16-14-31(26-45)22-33(35)43(53)59-44(54)34-23-32(27-46)15-17-36(34)48-42(52)38-25-40(29(2)61-38)63(57,58)50-19-10-5-4-6-11-20-50/h7-9,12-17,22-25H,4-6,10-11,18-21H2,1-3H3,(H,47,51)(H,48,52). The van der Waals surface area contributed by atoms with Crippen molar-refractivity contribution >= 4 is 77.8 Å². The molecule has 5 aromatic rings. The number of nitriles is 2. The quantitative estimate of drug-likeness (QED) is 0.0869. The molecule has 2 amide bonds. The normalized spacial score (nSPS) is 13.6. The molecule has 3 aromatic carbocycles. The van der Waals surface area contributed by atoms with Gasteiger partial charge in [-0.3, -0.25) is 9.59 Å². The molecule has 1 saturated heterocycles. The Morgan fingerprint density at radius 3 is 1.68 bits per heavy atom. The Bertz CT molecular complexity index is 2890. The van der Waals surface area contributed by atoms with Crippen LogP contribution in [0.25, 0.3) is 0 Å². The maximum atomic E-state index is 13.7. The number of ether oxygens (including phenoxy) is 1. The maximum absolute atomic E-state index is 13.7. The van der Waals surface area contributed by atoms with Crippen LogP contribution in [-0.4, -0.2) is 75.9 Å². The van der Waals surface area contributed by atoms with Gasteiger partial charge in [-0.2, -0.15) is 14.8 Å². The molecule has 2 N–H and O–H groups in total. The predicted molar refractivity (Wildman–Crippen MR) is 238 cm³/mol. The number of sulfonamides is 2. The number of amides is 2. The van der Waals surface area contributed by atoms with E-state index in [9.17, 15) is 46.5 Å². The molecule has 63 heavy (non-hydrogen) atoms. The number of aryl methyl sites for hydroxylation is 2. The van der Waals surface area contributed by atoms with Crippen molar-refractivity contribution in [2.24, 2.45) is 0 Å². The molecule has 0 unspecified atom stereocenters. The Morgan fingerprint density at radius 1 is 0.698 bits per heavy atom. The molecule has 15 nitrogen and oxygen atoms in total. The lowest BCUT2D eigenvalue weighted by Gasteiger charge is -2.24. The van der Waals surface area contributed by atoms with Crippen molar-refractivity contribution in [2.75, 3.05) is 37.3 Å². The van der Waals surface area contributed by atoms with Gasteiger partial charge in [0.2, 0.25) is 20.0 Å². The second-order valence-corrected chi connectivity index (χ2v) is 21.1. The van der Waals surface area contributed by atoms with Crippen LogP contribution in [-0.2, 0) is 31.2 Å². The van der Waals surface area contributed by atoms with Crippen LogP contribution in [0.1, 0.15) is 98.6 Å². The summed E-state index contributed by atoms with van der Waals surface area (Å²) in [5, 5.41) is 24.4. The molecule has 6 rings (SSSR count). The topological polar surface area (TPSA) is 224 Å². The summed E-state index contributed by atoms with van der Waals surface area (Å²) in [5.74, 6) is -4.14. The molecule has 2 aromatic heterocycles. The van der Waals surface area contributed by atoms with E-state index in [-0.39, 0.29) is 48.6 Å². The van der Waals surface area contributed by atoms with Crippen LogP contribution in [0.4, 0.5) is 11.4 Å². The molecule has 0 spiro atoms. The summed E-state index contributed by atoms with van der Waals surface area (Å²) < 4.78 is 62.2. The third-order valence-corrected chi connectivity index (χ3v) is 16.7. The number of carbonyl (C=O) groups is 4. The number of carbonyl (C=O) groups excluding carboxylic acids is 4. The first-order valence-corrected chi connectivity index (χ1v) is 24.2. The molecule has 0 aliphatic carbocycles. The van der Waals surface area contributed by atoms with E-state index in [0.717, 1.165) is 72.5 Å². The second-order valence-electron chi connectivity index (χ2n) is 14.6. The molecule has 3 heterocycles. The summed E-state index contributed by atoms with van der Waals surface area (Å²) in [4.78, 5) is 55.3. The fraction of sp³-hybridized carbons (Fsp3) is 0.273. The van der Waals surface area contributed by atoms with Crippen LogP contribution in [0.3, 0.4) is 0 Å². The number of nitrogens with one attached hydrogen (secondary N) is 2. The second kappa shape index (κ2) is 20.0. The van der Waals surface area contributed by atoms with E-state index >= 15 is 0 Å². The molecule has 1 aliphatic heterocycles. The SMILES string of the molecule is Cc1sc(C(=O)Nc2ccc(C#N)cc2C(=O)OC(=O)c2cc(C#N)ccc2NC(=O)c2cc(S(=O)(=O)N3CCCCCCC3)c(C)s2)cc1S(=O)(=O)N(C)CCc1ccccc1. The zero-order valence-electron chi connectivity index (χ0n) is 34.5.